The number of benzene rings is 1. The molecular formula is C16H18FNO2S. The number of rotatable bonds is 5. The molecule has 0 saturated heterocycles. The molecule has 2 rings (SSSR count). The van der Waals surface area contributed by atoms with E-state index in [1.807, 2.05) is 25.3 Å². The quantitative estimate of drug-likeness (QED) is 0.841. The lowest BCUT2D eigenvalue weighted by atomic mass is 10.1. The van der Waals surface area contributed by atoms with Gasteiger partial charge < -0.3 is 10.1 Å². The van der Waals surface area contributed by atoms with Crippen LogP contribution in [0.1, 0.15) is 29.0 Å². The Labute approximate surface area is 127 Å². The van der Waals surface area contributed by atoms with Gasteiger partial charge in [-0.3, -0.25) is 0 Å². The SMILES string of the molecule is CCOC(=O)C(Nc1cc(C)cc(F)c1)c1sccc1C. The van der Waals surface area contributed by atoms with Crippen LogP contribution in [0.25, 0.3) is 0 Å². The fraction of sp³-hybridized carbons (Fsp3) is 0.312. The molecule has 1 heterocycles. The number of hydrogen-bond donors (Lipinski definition) is 1. The summed E-state index contributed by atoms with van der Waals surface area (Å²) in [5, 5.41) is 5.01. The zero-order chi connectivity index (χ0) is 15.4. The Kier molecular flexibility index (Phi) is 4.96. The first-order valence-corrected chi connectivity index (χ1v) is 7.63. The molecule has 0 aliphatic carbocycles. The van der Waals surface area contributed by atoms with Crippen LogP contribution in [-0.2, 0) is 9.53 Å². The first-order chi connectivity index (χ1) is 10.0. The normalized spacial score (nSPS) is 12.0. The van der Waals surface area contributed by atoms with Crippen molar-refractivity contribution in [2.45, 2.75) is 26.8 Å². The number of carbonyl (C=O) groups excluding carboxylic acids is 1. The van der Waals surface area contributed by atoms with Gasteiger partial charge in [0.05, 0.1) is 6.61 Å². The van der Waals surface area contributed by atoms with Crippen LogP contribution in [-0.4, -0.2) is 12.6 Å². The Hall–Kier alpha value is -1.88. The van der Waals surface area contributed by atoms with Crippen LogP contribution < -0.4 is 5.32 Å². The van der Waals surface area contributed by atoms with Gasteiger partial charge >= 0.3 is 5.97 Å². The summed E-state index contributed by atoms with van der Waals surface area (Å²) >= 11 is 1.48. The molecular weight excluding hydrogens is 289 g/mol. The van der Waals surface area contributed by atoms with Crippen molar-refractivity contribution in [1.29, 1.82) is 0 Å². The van der Waals surface area contributed by atoms with Gasteiger partial charge in [0.2, 0.25) is 0 Å². The van der Waals surface area contributed by atoms with Crippen LogP contribution >= 0.6 is 11.3 Å². The van der Waals surface area contributed by atoms with E-state index in [0.29, 0.717) is 12.3 Å². The third-order valence-corrected chi connectivity index (χ3v) is 4.12. The second-order valence-electron chi connectivity index (χ2n) is 4.81. The lowest BCUT2D eigenvalue weighted by Gasteiger charge is -2.18. The van der Waals surface area contributed by atoms with E-state index in [2.05, 4.69) is 5.32 Å². The van der Waals surface area contributed by atoms with E-state index in [-0.39, 0.29) is 11.8 Å². The minimum Gasteiger partial charge on any atom is -0.464 e. The van der Waals surface area contributed by atoms with Gasteiger partial charge in [-0.2, -0.15) is 0 Å². The van der Waals surface area contributed by atoms with Crippen LogP contribution in [0.5, 0.6) is 0 Å². The molecule has 0 fully saturated rings. The largest absolute Gasteiger partial charge is 0.464 e. The molecule has 0 aliphatic heterocycles. The Morgan fingerprint density at radius 3 is 2.71 bits per heavy atom. The number of anilines is 1. The topological polar surface area (TPSA) is 38.3 Å². The minimum atomic E-state index is -0.619. The van der Waals surface area contributed by atoms with Gasteiger partial charge in [-0.05, 0) is 61.5 Å². The van der Waals surface area contributed by atoms with Gasteiger partial charge in [-0.25, -0.2) is 9.18 Å². The first kappa shape index (κ1) is 15.5. The second-order valence-corrected chi connectivity index (χ2v) is 5.76. The van der Waals surface area contributed by atoms with Gasteiger partial charge in [-0.15, -0.1) is 11.3 Å². The molecule has 0 saturated carbocycles. The Balaban J connectivity index is 2.32. The highest BCUT2D eigenvalue weighted by Gasteiger charge is 2.25. The summed E-state index contributed by atoms with van der Waals surface area (Å²) in [6.07, 6.45) is 0. The molecule has 0 radical (unpaired) electrons. The maximum Gasteiger partial charge on any atom is 0.334 e. The molecule has 0 spiro atoms. The van der Waals surface area contributed by atoms with Gasteiger partial charge in [0, 0.05) is 10.6 Å². The van der Waals surface area contributed by atoms with Gasteiger partial charge in [0.1, 0.15) is 5.82 Å². The molecule has 1 aromatic carbocycles. The average molecular weight is 307 g/mol. The van der Waals surface area contributed by atoms with Crippen LogP contribution in [0, 0.1) is 19.7 Å². The van der Waals surface area contributed by atoms with E-state index in [4.69, 9.17) is 4.74 Å². The summed E-state index contributed by atoms with van der Waals surface area (Å²) in [5.74, 6) is -0.687. The summed E-state index contributed by atoms with van der Waals surface area (Å²) in [4.78, 5) is 13.1. The van der Waals surface area contributed by atoms with Crippen molar-refractivity contribution < 1.29 is 13.9 Å². The van der Waals surface area contributed by atoms with E-state index in [1.54, 1.807) is 13.0 Å². The van der Waals surface area contributed by atoms with Gasteiger partial charge in [-0.1, -0.05) is 0 Å². The smallest absolute Gasteiger partial charge is 0.334 e. The Bertz CT molecular complexity index is 619. The number of ether oxygens (including phenoxy) is 1. The number of carbonyl (C=O) groups is 1. The number of esters is 1. The highest BCUT2D eigenvalue weighted by atomic mass is 32.1. The van der Waals surface area contributed by atoms with Crippen LogP contribution in [0.3, 0.4) is 0 Å². The second kappa shape index (κ2) is 6.72. The van der Waals surface area contributed by atoms with Gasteiger partial charge in [0.15, 0.2) is 6.04 Å². The molecule has 21 heavy (non-hydrogen) atoms. The maximum atomic E-state index is 13.5. The summed E-state index contributed by atoms with van der Waals surface area (Å²) < 4.78 is 18.6. The van der Waals surface area contributed by atoms with E-state index < -0.39 is 6.04 Å². The summed E-state index contributed by atoms with van der Waals surface area (Å²) in [7, 11) is 0. The molecule has 0 amide bonds. The summed E-state index contributed by atoms with van der Waals surface area (Å²) in [5.41, 5.74) is 2.38. The van der Waals surface area contributed by atoms with Crippen molar-refractivity contribution >= 4 is 23.0 Å². The fourth-order valence-electron chi connectivity index (χ4n) is 2.12. The lowest BCUT2D eigenvalue weighted by Crippen LogP contribution is -2.23. The highest BCUT2D eigenvalue weighted by Crippen LogP contribution is 2.29. The Morgan fingerprint density at radius 2 is 2.14 bits per heavy atom. The van der Waals surface area contributed by atoms with Crippen molar-refractivity contribution in [1.82, 2.24) is 0 Å². The number of nitrogens with one attached hydrogen (secondary N) is 1. The predicted molar refractivity (Wildman–Crippen MR) is 83.2 cm³/mol. The molecule has 1 N–H and O–H groups in total. The monoisotopic (exact) mass is 307 g/mol. The molecule has 1 aromatic heterocycles. The molecule has 5 heteroatoms. The first-order valence-electron chi connectivity index (χ1n) is 6.75. The predicted octanol–water partition coefficient (Wildman–Crippen LogP) is 4.22. The molecule has 1 unspecified atom stereocenters. The van der Waals surface area contributed by atoms with Crippen molar-refractivity contribution in [2.75, 3.05) is 11.9 Å². The van der Waals surface area contributed by atoms with E-state index >= 15 is 0 Å². The molecule has 0 bridgehead atoms. The zero-order valence-corrected chi connectivity index (χ0v) is 13.1. The van der Waals surface area contributed by atoms with E-state index in [1.165, 1.54) is 23.5 Å². The minimum absolute atomic E-state index is 0.309. The fourth-order valence-corrected chi connectivity index (χ4v) is 3.09. The van der Waals surface area contributed by atoms with E-state index in [0.717, 1.165) is 16.0 Å². The van der Waals surface area contributed by atoms with Gasteiger partial charge in [0.25, 0.3) is 0 Å². The molecule has 3 nitrogen and oxygen atoms in total. The van der Waals surface area contributed by atoms with Crippen LogP contribution in [0.15, 0.2) is 29.6 Å². The summed E-state index contributed by atoms with van der Waals surface area (Å²) in [6.45, 7) is 5.83. The molecule has 0 aliphatic rings. The molecule has 112 valence electrons. The van der Waals surface area contributed by atoms with Crippen molar-refractivity contribution in [3.8, 4) is 0 Å². The zero-order valence-electron chi connectivity index (χ0n) is 12.3. The van der Waals surface area contributed by atoms with Crippen molar-refractivity contribution in [2.24, 2.45) is 0 Å². The van der Waals surface area contributed by atoms with E-state index in [9.17, 15) is 9.18 Å². The Morgan fingerprint density at radius 1 is 1.38 bits per heavy atom. The third kappa shape index (κ3) is 3.82. The van der Waals surface area contributed by atoms with Crippen LogP contribution in [0.2, 0.25) is 0 Å². The maximum absolute atomic E-state index is 13.5. The standard InChI is InChI=1S/C16H18FNO2S/c1-4-20-16(19)14(15-11(3)5-6-21-15)18-13-8-10(2)7-12(17)9-13/h5-9,14,18H,4H2,1-3H3. The lowest BCUT2D eigenvalue weighted by molar-refractivity contribution is -0.144. The number of hydrogen-bond acceptors (Lipinski definition) is 4. The third-order valence-electron chi connectivity index (χ3n) is 3.04. The number of aryl methyl sites for hydroxylation is 2. The highest BCUT2D eigenvalue weighted by molar-refractivity contribution is 7.10. The molecule has 2 aromatic rings. The van der Waals surface area contributed by atoms with Crippen molar-refractivity contribution in [3.63, 3.8) is 0 Å². The number of thiophene rings is 1. The van der Waals surface area contributed by atoms with Crippen LogP contribution in [0.4, 0.5) is 10.1 Å². The molecule has 1 atom stereocenters. The van der Waals surface area contributed by atoms with Crippen molar-refractivity contribution in [3.05, 3.63) is 51.5 Å². The average Bonchev–Trinajstić information content (AvgIpc) is 2.81. The number of halogens is 1. The summed E-state index contributed by atoms with van der Waals surface area (Å²) in [6, 6.07) is 5.96.